The molecule has 0 aliphatic rings. The summed E-state index contributed by atoms with van der Waals surface area (Å²) >= 11 is 1.15. The predicted octanol–water partition coefficient (Wildman–Crippen LogP) is 3.36. The van der Waals surface area contributed by atoms with Gasteiger partial charge in [-0.15, -0.1) is 0 Å². The molecule has 0 fully saturated rings. The minimum absolute atomic E-state index is 0.0165. The van der Waals surface area contributed by atoms with Crippen LogP contribution >= 0.6 is 11.8 Å². The molecule has 31 heavy (non-hydrogen) atoms. The van der Waals surface area contributed by atoms with Crippen molar-refractivity contribution in [3.63, 3.8) is 0 Å². The standard InChI is InChI=1S/C22H20FN5O2S/c1-14-6-8-15(9-7-14)11-28-21(30)20-18(12-27(2)26-20)25-22(28)31-13-19(29)24-17-5-3-4-16(23)10-17/h3-10,12H,11,13H2,1-2H3,(H,24,29). The normalized spacial score (nSPS) is 11.1. The van der Waals surface area contributed by atoms with E-state index in [9.17, 15) is 14.0 Å². The van der Waals surface area contributed by atoms with Crippen LogP contribution in [-0.2, 0) is 18.4 Å². The lowest BCUT2D eigenvalue weighted by atomic mass is 10.1. The van der Waals surface area contributed by atoms with Gasteiger partial charge in [-0.05, 0) is 30.7 Å². The molecule has 158 valence electrons. The van der Waals surface area contributed by atoms with Crippen molar-refractivity contribution in [2.24, 2.45) is 7.05 Å². The molecule has 0 bridgehead atoms. The summed E-state index contributed by atoms with van der Waals surface area (Å²) in [6.45, 7) is 2.31. The molecule has 1 N–H and O–H groups in total. The van der Waals surface area contributed by atoms with Gasteiger partial charge < -0.3 is 5.32 Å². The van der Waals surface area contributed by atoms with E-state index in [1.807, 2.05) is 31.2 Å². The summed E-state index contributed by atoms with van der Waals surface area (Å²) in [4.78, 5) is 30.0. The summed E-state index contributed by atoms with van der Waals surface area (Å²) < 4.78 is 16.4. The number of nitrogens with zero attached hydrogens (tertiary/aromatic N) is 4. The number of hydrogen-bond acceptors (Lipinski definition) is 5. The highest BCUT2D eigenvalue weighted by molar-refractivity contribution is 7.99. The van der Waals surface area contributed by atoms with Gasteiger partial charge in [0.25, 0.3) is 5.56 Å². The maximum Gasteiger partial charge on any atom is 0.282 e. The summed E-state index contributed by atoms with van der Waals surface area (Å²) in [6.07, 6.45) is 1.67. The molecule has 2 aromatic heterocycles. The molecule has 4 aromatic rings. The third kappa shape index (κ3) is 4.83. The first kappa shape index (κ1) is 20.8. The van der Waals surface area contributed by atoms with Crippen molar-refractivity contribution in [2.45, 2.75) is 18.6 Å². The molecule has 2 heterocycles. The van der Waals surface area contributed by atoms with Crippen LogP contribution in [0.5, 0.6) is 0 Å². The largest absolute Gasteiger partial charge is 0.325 e. The van der Waals surface area contributed by atoms with E-state index in [1.54, 1.807) is 24.0 Å². The number of halogens is 1. The van der Waals surface area contributed by atoms with Gasteiger partial charge >= 0.3 is 0 Å². The van der Waals surface area contributed by atoms with Crippen molar-refractivity contribution in [1.29, 1.82) is 0 Å². The number of aryl methyl sites for hydroxylation is 2. The first-order chi connectivity index (χ1) is 14.9. The number of aromatic nitrogens is 4. The number of rotatable bonds is 6. The van der Waals surface area contributed by atoms with Crippen LogP contribution in [0.15, 0.2) is 64.7 Å². The Balaban J connectivity index is 1.61. The van der Waals surface area contributed by atoms with E-state index in [2.05, 4.69) is 15.4 Å². The van der Waals surface area contributed by atoms with Crippen LogP contribution in [0.1, 0.15) is 11.1 Å². The van der Waals surface area contributed by atoms with E-state index < -0.39 is 5.82 Å². The SMILES string of the molecule is Cc1ccc(Cn2c(SCC(=O)Nc3cccc(F)c3)nc3cn(C)nc3c2=O)cc1. The zero-order valence-corrected chi connectivity index (χ0v) is 17.8. The second-order valence-electron chi connectivity index (χ2n) is 7.16. The fourth-order valence-corrected chi connectivity index (χ4v) is 3.91. The van der Waals surface area contributed by atoms with Crippen LogP contribution < -0.4 is 10.9 Å². The molecule has 7 nitrogen and oxygen atoms in total. The van der Waals surface area contributed by atoms with Crippen LogP contribution in [0, 0.1) is 12.7 Å². The summed E-state index contributed by atoms with van der Waals surface area (Å²) in [5.41, 5.74) is 2.93. The molecule has 0 radical (unpaired) electrons. The average molecular weight is 438 g/mol. The van der Waals surface area contributed by atoms with Gasteiger partial charge in [0.05, 0.1) is 18.5 Å². The fourth-order valence-electron chi connectivity index (χ4n) is 3.11. The smallest absolute Gasteiger partial charge is 0.282 e. The van der Waals surface area contributed by atoms with Crippen LogP contribution in [0.4, 0.5) is 10.1 Å². The Morgan fingerprint density at radius 3 is 2.71 bits per heavy atom. The second kappa shape index (κ2) is 8.73. The van der Waals surface area contributed by atoms with Gasteiger partial charge in [-0.25, -0.2) is 9.37 Å². The van der Waals surface area contributed by atoms with E-state index in [1.165, 1.54) is 22.8 Å². The van der Waals surface area contributed by atoms with Crippen LogP contribution in [0.3, 0.4) is 0 Å². The summed E-state index contributed by atoms with van der Waals surface area (Å²) in [7, 11) is 1.73. The molecule has 0 atom stereocenters. The molecule has 0 saturated heterocycles. The number of carbonyl (C=O) groups excluding carboxylic acids is 1. The third-order valence-corrected chi connectivity index (χ3v) is 5.58. The molecule has 0 unspecified atom stereocenters. The molecule has 0 spiro atoms. The Kier molecular flexibility index (Phi) is 5.85. The van der Waals surface area contributed by atoms with Crippen molar-refractivity contribution in [1.82, 2.24) is 19.3 Å². The Morgan fingerprint density at radius 2 is 1.97 bits per heavy atom. The van der Waals surface area contributed by atoms with Crippen LogP contribution in [0.25, 0.3) is 11.0 Å². The second-order valence-corrected chi connectivity index (χ2v) is 8.10. The molecule has 9 heteroatoms. The summed E-state index contributed by atoms with van der Waals surface area (Å²) in [6, 6.07) is 13.6. The summed E-state index contributed by atoms with van der Waals surface area (Å²) in [5.74, 6) is -0.734. The Bertz CT molecular complexity index is 1310. The van der Waals surface area contributed by atoms with Crippen molar-refractivity contribution >= 4 is 34.4 Å². The molecule has 0 aliphatic heterocycles. The Labute approximate surface area is 181 Å². The molecular weight excluding hydrogens is 417 g/mol. The molecule has 0 saturated carbocycles. The van der Waals surface area contributed by atoms with Crippen molar-refractivity contribution in [2.75, 3.05) is 11.1 Å². The summed E-state index contributed by atoms with van der Waals surface area (Å²) in [5, 5.41) is 7.30. The van der Waals surface area contributed by atoms with Crippen LogP contribution in [0.2, 0.25) is 0 Å². The van der Waals surface area contributed by atoms with Gasteiger partial charge in [-0.1, -0.05) is 47.7 Å². The molecule has 4 rings (SSSR count). The Morgan fingerprint density at radius 1 is 1.19 bits per heavy atom. The zero-order chi connectivity index (χ0) is 22.0. The van der Waals surface area contributed by atoms with Crippen LogP contribution in [-0.4, -0.2) is 31.0 Å². The maximum atomic E-state index is 13.3. The minimum Gasteiger partial charge on any atom is -0.325 e. The lowest BCUT2D eigenvalue weighted by Crippen LogP contribution is -2.25. The number of hydrogen-bond donors (Lipinski definition) is 1. The van der Waals surface area contributed by atoms with E-state index >= 15 is 0 Å². The van der Waals surface area contributed by atoms with Gasteiger partial charge in [0, 0.05) is 12.7 Å². The number of amides is 1. The zero-order valence-electron chi connectivity index (χ0n) is 17.0. The third-order valence-electron chi connectivity index (χ3n) is 4.61. The molecular formula is C22H20FN5O2S. The van der Waals surface area contributed by atoms with Gasteiger partial charge in [0.15, 0.2) is 10.7 Å². The lowest BCUT2D eigenvalue weighted by molar-refractivity contribution is -0.113. The van der Waals surface area contributed by atoms with Crippen molar-refractivity contribution < 1.29 is 9.18 Å². The predicted molar refractivity (Wildman–Crippen MR) is 119 cm³/mol. The quantitative estimate of drug-likeness (QED) is 0.370. The number of anilines is 1. The van der Waals surface area contributed by atoms with E-state index in [4.69, 9.17) is 0 Å². The molecule has 1 amide bonds. The molecule has 2 aromatic carbocycles. The van der Waals surface area contributed by atoms with Gasteiger partial charge in [0.2, 0.25) is 5.91 Å². The van der Waals surface area contributed by atoms with E-state index in [0.717, 1.165) is 22.9 Å². The van der Waals surface area contributed by atoms with Crippen molar-refractivity contribution in [3.8, 4) is 0 Å². The monoisotopic (exact) mass is 437 g/mol. The fraction of sp³-hybridized carbons (Fsp3) is 0.182. The van der Waals surface area contributed by atoms with Crippen molar-refractivity contribution in [3.05, 3.63) is 82.0 Å². The lowest BCUT2D eigenvalue weighted by Gasteiger charge is -2.12. The van der Waals surface area contributed by atoms with Gasteiger partial charge in [-0.3, -0.25) is 18.8 Å². The van der Waals surface area contributed by atoms with Gasteiger partial charge in [-0.2, -0.15) is 5.10 Å². The van der Waals surface area contributed by atoms with E-state index in [-0.39, 0.29) is 22.7 Å². The first-order valence-corrected chi connectivity index (χ1v) is 10.6. The number of benzene rings is 2. The Hall–Kier alpha value is -3.46. The topological polar surface area (TPSA) is 81.8 Å². The number of nitrogens with one attached hydrogen (secondary N) is 1. The number of carbonyl (C=O) groups is 1. The van der Waals surface area contributed by atoms with Gasteiger partial charge in [0.1, 0.15) is 11.3 Å². The highest BCUT2D eigenvalue weighted by atomic mass is 32.2. The minimum atomic E-state index is -0.430. The number of fused-ring (bicyclic) bond motifs is 1. The van der Waals surface area contributed by atoms with E-state index in [0.29, 0.717) is 22.9 Å². The average Bonchev–Trinajstić information content (AvgIpc) is 3.11. The first-order valence-electron chi connectivity index (χ1n) is 9.57. The molecule has 0 aliphatic carbocycles. The highest BCUT2D eigenvalue weighted by Crippen LogP contribution is 2.19. The number of thioether (sulfide) groups is 1. The maximum absolute atomic E-state index is 13.3. The highest BCUT2D eigenvalue weighted by Gasteiger charge is 2.16.